The fraction of sp³-hybridized carbons (Fsp3) is 0.600. The number of nitrogens with one attached hydrogen (secondary N) is 1. The third-order valence-electron chi connectivity index (χ3n) is 3.89. The standard InChI is InChI=1S/C15H25N3O3S.ClH/c1-13-12-16-8-9-18(13)10-11-21-14-4-6-15(7-5-14)22(19,20)17(2)3;/h4-7,13,16H,8-12H2,1-3H3;1H/t13-;/m1./s1. The molecule has 1 saturated heterocycles. The molecule has 1 N–H and O–H groups in total. The van der Waals surface area contributed by atoms with E-state index in [0.29, 0.717) is 18.4 Å². The first-order valence-corrected chi connectivity index (χ1v) is 8.95. The SMILES string of the molecule is C[C@@H]1CNCCN1CCOc1ccc(S(=O)(=O)N(C)C)cc1.Cl. The van der Waals surface area contributed by atoms with E-state index in [0.717, 1.165) is 26.2 Å². The zero-order valence-electron chi connectivity index (χ0n) is 13.9. The number of halogens is 1. The molecular formula is C15H26ClN3O3S. The van der Waals surface area contributed by atoms with E-state index >= 15 is 0 Å². The Morgan fingerprint density at radius 3 is 2.52 bits per heavy atom. The Morgan fingerprint density at radius 2 is 1.96 bits per heavy atom. The van der Waals surface area contributed by atoms with E-state index in [-0.39, 0.29) is 17.3 Å². The average Bonchev–Trinajstić information content (AvgIpc) is 2.49. The first kappa shape index (κ1) is 20.2. The van der Waals surface area contributed by atoms with E-state index in [2.05, 4.69) is 17.1 Å². The summed E-state index contributed by atoms with van der Waals surface area (Å²) in [6.07, 6.45) is 0. The summed E-state index contributed by atoms with van der Waals surface area (Å²) in [5.74, 6) is 0.695. The van der Waals surface area contributed by atoms with Crippen molar-refractivity contribution in [2.75, 3.05) is 46.9 Å². The number of benzene rings is 1. The Balaban J connectivity index is 0.00000264. The van der Waals surface area contributed by atoms with Crippen molar-refractivity contribution in [3.05, 3.63) is 24.3 Å². The van der Waals surface area contributed by atoms with Gasteiger partial charge in [-0.1, -0.05) is 0 Å². The van der Waals surface area contributed by atoms with Crippen LogP contribution in [0.15, 0.2) is 29.2 Å². The van der Waals surface area contributed by atoms with Crippen LogP contribution in [-0.4, -0.2) is 70.5 Å². The Hall–Kier alpha value is -0.860. The number of hydrogen-bond acceptors (Lipinski definition) is 5. The van der Waals surface area contributed by atoms with E-state index in [1.54, 1.807) is 24.3 Å². The minimum absolute atomic E-state index is 0. The van der Waals surface area contributed by atoms with Crippen LogP contribution in [0.1, 0.15) is 6.92 Å². The summed E-state index contributed by atoms with van der Waals surface area (Å²) in [5, 5.41) is 3.36. The number of ether oxygens (including phenoxy) is 1. The molecule has 1 aromatic rings. The third kappa shape index (κ3) is 5.32. The number of sulfonamides is 1. The molecule has 1 heterocycles. The first-order chi connectivity index (χ1) is 10.4. The van der Waals surface area contributed by atoms with Crippen LogP contribution in [0, 0.1) is 0 Å². The highest BCUT2D eigenvalue weighted by molar-refractivity contribution is 7.89. The highest BCUT2D eigenvalue weighted by Crippen LogP contribution is 2.18. The van der Waals surface area contributed by atoms with Crippen LogP contribution in [0.25, 0.3) is 0 Å². The van der Waals surface area contributed by atoms with E-state index in [9.17, 15) is 8.42 Å². The van der Waals surface area contributed by atoms with Crippen molar-refractivity contribution in [1.29, 1.82) is 0 Å². The van der Waals surface area contributed by atoms with Gasteiger partial charge in [-0.3, -0.25) is 4.90 Å². The molecule has 8 heteroatoms. The topological polar surface area (TPSA) is 61.9 Å². The smallest absolute Gasteiger partial charge is 0.242 e. The van der Waals surface area contributed by atoms with Crippen molar-refractivity contribution < 1.29 is 13.2 Å². The molecule has 0 aliphatic carbocycles. The van der Waals surface area contributed by atoms with Gasteiger partial charge in [0.1, 0.15) is 12.4 Å². The summed E-state index contributed by atoms with van der Waals surface area (Å²) < 4.78 is 30.9. The molecule has 0 bridgehead atoms. The lowest BCUT2D eigenvalue weighted by molar-refractivity contribution is 0.143. The molecule has 1 fully saturated rings. The molecule has 1 aliphatic heterocycles. The van der Waals surface area contributed by atoms with Gasteiger partial charge in [-0.25, -0.2) is 12.7 Å². The second-order valence-electron chi connectivity index (χ2n) is 5.70. The molecule has 1 aromatic carbocycles. The molecule has 2 rings (SSSR count). The summed E-state index contributed by atoms with van der Waals surface area (Å²) in [4.78, 5) is 2.67. The molecule has 6 nitrogen and oxygen atoms in total. The number of piperazine rings is 1. The number of hydrogen-bond donors (Lipinski definition) is 1. The van der Waals surface area contributed by atoms with Crippen LogP contribution in [0.2, 0.25) is 0 Å². The Bertz CT molecular complexity index is 578. The first-order valence-electron chi connectivity index (χ1n) is 7.51. The van der Waals surface area contributed by atoms with Crippen molar-refractivity contribution in [3.63, 3.8) is 0 Å². The molecule has 1 atom stereocenters. The largest absolute Gasteiger partial charge is 0.492 e. The van der Waals surface area contributed by atoms with Gasteiger partial charge in [-0.05, 0) is 31.2 Å². The third-order valence-corrected chi connectivity index (χ3v) is 5.72. The minimum atomic E-state index is -3.38. The molecule has 0 radical (unpaired) electrons. The predicted molar refractivity (Wildman–Crippen MR) is 94.0 cm³/mol. The average molecular weight is 364 g/mol. The van der Waals surface area contributed by atoms with Crippen LogP contribution >= 0.6 is 12.4 Å². The van der Waals surface area contributed by atoms with Gasteiger partial charge in [-0.15, -0.1) is 12.4 Å². The molecule has 0 unspecified atom stereocenters. The molecule has 132 valence electrons. The lowest BCUT2D eigenvalue weighted by atomic mass is 10.2. The van der Waals surface area contributed by atoms with E-state index in [1.807, 2.05) is 0 Å². The van der Waals surface area contributed by atoms with Crippen molar-refractivity contribution in [2.24, 2.45) is 0 Å². The van der Waals surface area contributed by atoms with Gasteiger partial charge in [0.05, 0.1) is 4.90 Å². The highest BCUT2D eigenvalue weighted by Gasteiger charge is 2.18. The lowest BCUT2D eigenvalue weighted by Crippen LogP contribution is -2.50. The van der Waals surface area contributed by atoms with E-state index < -0.39 is 10.0 Å². The van der Waals surface area contributed by atoms with Crippen LogP contribution in [0.5, 0.6) is 5.75 Å². The molecule has 0 saturated carbocycles. The predicted octanol–water partition coefficient (Wildman–Crippen LogP) is 1.03. The van der Waals surface area contributed by atoms with Gasteiger partial charge in [0.25, 0.3) is 0 Å². The summed E-state index contributed by atoms with van der Waals surface area (Å²) in [5.41, 5.74) is 0. The van der Waals surface area contributed by atoms with E-state index in [4.69, 9.17) is 4.74 Å². The number of nitrogens with zero attached hydrogens (tertiary/aromatic N) is 2. The normalized spacial score (nSPS) is 19.4. The fourth-order valence-electron chi connectivity index (χ4n) is 2.41. The Labute approximate surface area is 145 Å². The Morgan fingerprint density at radius 1 is 1.30 bits per heavy atom. The zero-order valence-corrected chi connectivity index (χ0v) is 15.5. The van der Waals surface area contributed by atoms with Gasteiger partial charge < -0.3 is 10.1 Å². The van der Waals surface area contributed by atoms with Gasteiger partial charge >= 0.3 is 0 Å². The van der Waals surface area contributed by atoms with Gasteiger partial charge in [0, 0.05) is 46.3 Å². The summed E-state index contributed by atoms with van der Waals surface area (Å²) in [6.45, 7) is 6.74. The monoisotopic (exact) mass is 363 g/mol. The van der Waals surface area contributed by atoms with Crippen molar-refractivity contribution in [2.45, 2.75) is 17.9 Å². The van der Waals surface area contributed by atoms with Crippen LogP contribution in [0.4, 0.5) is 0 Å². The van der Waals surface area contributed by atoms with Crippen molar-refractivity contribution >= 4 is 22.4 Å². The molecule has 1 aliphatic rings. The van der Waals surface area contributed by atoms with Crippen LogP contribution in [-0.2, 0) is 10.0 Å². The summed E-state index contributed by atoms with van der Waals surface area (Å²) >= 11 is 0. The van der Waals surface area contributed by atoms with Gasteiger partial charge in [0.15, 0.2) is 0 Å². The molecule has 0 amide bonds. The molecular weight excluding hydrogens is 338 g/mol. The molecule has 0 spiro atoms. The Kier molecular flexibility index (Phi) is 7.76. The summed E-state index contributed by atoms with van der Waals surface area (Å²) in [7, 11) is -0.332. The fourth-order valence-corrected chi connectivity index (χ4v) is 3.32. The molecule has 0 aromatic heterocycles. The number of rotatable bonds is 6. The van der Waals surface area contributed by atoms with Gasteiger partial charge in [0.2, 0.25) is 10.0 Å². The van der Waals surface area contributed by atoms with E-state index in [1.165, 1.54) is 18.4 Å². The molecule has 23 heavy (non-hydrogen) atoms. The second kappa shape index (κ2) is 8.84. The maximum atomic E-state index is 12.0. The van der Waals surface area contributed by atoms with Crippen molar-refractivity contribution in [3.8, 4) is 5.75 Å². The highest BCUT2D eigenvalue weighted by atomic mass is 35.5. The zero-order chi connectivity index (χ0) is 16.2. The summed E-state index contributed by atoms with van der Waals surface area (Å²) in [6, 6.07) is 7.09. The second-order valence-corrected chi connectivity index (χ2v) is 7.85. The van der Waals surface area contributed by atoms with Crippen LogP contribution < -0.4 is 10.1 Å². The quantitative estimate of drug-likeness (QED) is 0.818. The maximum Gasteiger partial charge on any atom is 0.242 e. The maximum absolute atomic E-state index is 12.0. The lowest BCUT2D eigenvalue weighted by Gasteiger charge is -2.33. The van der Waals surface area contributed by atoms with Crippen molar-refractivity contribution in [1.82, 2.24) is 14.5 Å². The minimum Gasteiger partial charge on any atom is -0.492 e. The van der Waals surface area contributed by atoms with Crippen LogP contribution in [0.3, 0.4) is 0 Å². The van der Waals surface area contributed by atoms with Gasteiger partial charge in [-0.2, -0.15) is 0 Å².